The summed E-state index contributed by atoms with van der Waals surface area (Å²) >= 11 is 5.85. The van der Waals surface area contributed by atoms with Crippen LogP contribution in [0.4, 0.5) is 0 Å². The van der Waals surface area contributed by atoms with Gasteiger partial charge in [-0.25, -0.2) is 0 Å². The molecule has 0 atom stereocenters. The molecule has 0 saturated carbocycles. The number of halogens is 1. The van der Waals surface area contributed by atoms with Crippen molar-refractivity contribution in [2.75, 3.05) is 0 Å². The molecule has 3 rings (SSSR count). The second kappa shape index (κ2) is 5.97. The van der Waals surface area contributed by atoms with Gasteiger partial charge >= 0.3 is 0 Å². The third kappa shape index (κ3) is 3.41. The zero-order chi connectivity index (χ0) is 14.7. The monoisotopic (exact) mass is 300 g/mol. The molecule has 0 aliphatic rings. The van der Waals surface area contributed by atoms with Crippen LogP contribution >= 0.6 is 11.6 Å². The smallest absolute Gasteiger partial charge is 0.258 e. The SMILES string of the molecule is Cc1cccc(OCc2noc(-c3ccc(Cl)cc3)n2)c1. The van der Waals surface area contributed by atoms with Gasteiger partial charge in [-0.2, -0.15) is 4.98 Å². The predicted octanol–water partition coefficient (Wildman–Crippen LogP) is 4.28. The van der Waals surface area contributed by atoms with Gasteiger partial charge in [0.2, 0.25) is 5.82 Å². The van der Waals surface area contributed by atoms with E-state index in [1.807, 2.05) is 43.3 Å². The number of hydrogen-bond donors (Lipinski definition) is 0. The summed E-state index contributed by atoms with van der Waals surface area (Å²) in [6.07, 6.45) is 0. The van der Waals surface area contributed by atoms with Gasteiger partial charge in [0.15, 0.2) is 6.61 Å². The van der Waals surface area contributed by atoms with E-state index in [0.717, 1.165) is 16.9 Å². The first-order valence-electron chi connectivity index (χ1n) is 6.49. The van der Waals surface area contributed by atoms with Crippen molar-refractivity contribution in [3.63, 3.8) is 0 Å². The molecule has 0 saturated heterocycles. The minimum atomic E-state index is 0.264. The highest BCUT2D eigenvalue weighted by Crippen LogP contribution is 2.20. The molecule has 0 bridgehead atoms. The van der Waals surface area contributed by atoms with Gasteiger partial charge in [0, 0.05) is 10.6 Å². The molecule has 1 heterocycles. The molecular formula is C16H13ClN2O2. The molecule has 21 heavy (non-hydrogen) atoms. The standard InChI is InChI=1S/C16H13ClN2O2/c1-11-3-2-4-14(9-11)20-10-15-18-16(21-19-15)12-5-7-13(17)8-6-12/h2-9H,10H2,1H3. The minimum absolute atomic E-state index is 0.264. The van der Waals surface area contributed by atoms with Crippen LogP contribution in [0.15, 0.2) is 53.1 Å². The molecule has 3 aromatic rings. The Labute approximate surface area is 127 Å². The third-order valence-corrected chi connectivity index (χ3v) is 3.17. The van der Waals surface area contributed by atoms with Gasteiger partial charge in [0.05, 0.1) is 0 Å². The highest BCUT2D eigenvalue weighted by molar-refractivity contribution is 6.30. The van der Waals surface area contributed by atoms with Crippen LogP contribution in [0.5, 0.6) is 5.75 Å². The highest BCUT2D eigenvalue weighted by atomic mass is 35.5. The Morgan fingerprint density at radius 3 is 2.71 bits per heavy atom. The van der Waals surface area contributed by atoms with Gasteiger partial charge in [0.1, 0.15) is 5.75 Å². The van der Waals surface area contributed by atoms with Crippen LogP contribution < -0.4 is 4.74 Å². The second-order valence-electron chi connectivity index (χ2n) is 4.63. The van der Waals surface area contributed by atoms with Crippen molar-refractivity contribution in [1.29, 1.82) is 0 Å². The summed E-state index contributed by atoms with van der Waals surface area (Å²) in [5.74, 6) is 1.74. The number of aryl methyl sites for hydroxylation is 1. The topological polar surface area (TPSA) is 48.2 Å². The molecule has 0 spiro atoms. The quantitative estimate of drug-likeness (QED) is 0.721. The van der Waals surface area contributed by atoms with E-state index in [9.17, 15) is 0 Å². The fraction of sp³-hybridized carbons (Fsp3) is 0.125. The Hall–Kier alpha value is -2.33. The van der Waals surface area contributed by atoms with Crippen LogP contribution in [0.1, 0.15) is 11.4 Å². The van der Waals surface area contributed by atoms with Crippen molar-refractivity contribution in [1.82, 2.24) is 10.1 Å². The Balaban J connectivity index is 1.69. The number of benzene rings is 2. The lowest BCUT2D eigenvalue weighted by Gasteiger charge is -2.03. The third-order valence-electron chi connectivity index (χ3n) is 2.92. The van der Waals surface area contributed by atoms with Crippen molar-refractivity contribution >= 4 is 11.6 Å². The summed E-state index contributed by atoms with van der Waals surface area (Å²) in [5, 5.41) is 4.58. The second-order valence-corrected chi connectivity index (χ2v) is 5.06. The molecule has 0 radical (unpaired) electrons. The Bertz CT molecular complexity index is 738. The zero-order valence-corrected chi connectivity index (χ0v) is 12.2. The number of hydrogen-bond acceptors (Lipinski definition) is 4. The lowest BCUT2D eigenvalue weighted by molar-refractivity contribution is 0.287. The van der Waals surface area contributed by atoms with E-state index < -0.39 is 0 Å². The average molecular weight is 301 g/mol. The molecule has 5 heteroatoms. The fourth-order valence-electron chi connectivity index (χ4n) is 1.88. The molecule has 1 aromatic heterocycles. The first-order valence-corrected chi connectivity index (χ1v) is 6.86. The summed E-state index contributed by atoms with van der Waals surface area (Å²) in [4.78, 5) is 4.30. The van der Waals surface area contributed by atoms with Gasteiger partial charge < -0.3 is 9.26 Å². The first-order chi connectivity index (χ1) is 10.2. The lowest BCUT2D eigenvalue weighted by atomic mass is 10.2. The fourth-order valence-corrected chi connectivity index (χ4v) is 2.00. The Morgan fingerprint density at radius 1 is 1.14 bits per heavy atom. The molecule has 0 unspecified atom stereocenters. The van der Waals surface area contributed by atoms with Crippen molar-refractivity contribution in [3.05, 3.63) is 64.9 Å². The maximum Gasteiger partial charge on any atom is 0.258 e. The highest BCUT2D eigenvalue weighted by Gasteiger charge is 2.09. The number of aromatic nitrogens is 2. The maximum atomic E-state index is 5.85. The van der Waals surface area contributed by atoms with Crippen LogP contribution in [0.2, 0.25) is 5.02 Å². The van der Waals surface area contributed by atoms with Crippen molar-refractivity contribution < 1.29 is 9.26 Å². The van der Waals surface area contributed by atoms with Gasteiger partial charge in [-0.15, -0.1) is 0 Å². The Kier molecular flexibility index (Phi) is 3.88. The number of ether oxygens (including phenoxy) is 1. The molecule has 4 nitrogen and oxygen atoms in total. The molecule has 0 fully saturated rings. The maximum absolute atomic E-state index is 5.85. The minimum Gasteiger partial charge on any atom is -0.485 e. The summed E-state index contributed by atoms with van der Waals surface area (Å²) in [5.41, 5.74) is 1.97. The largest absolute Gasteiger partial charge is 0.485 e. The first kappa shape index (κ1) is 13.6. The van der Waals surface area contributed by atoms with Crippen molar-refractivity contribution in [2.45, 2.75) is 13.5 Å². The van der Waals surface area contributed by atoms with Gasteiger partial charge in [0.25, 0.3) is 5.89 Å². The summed E-state index contributed by atoms with van der Waals surface area (Å²) in [6, 6.07) is 15.0. The Morgan fingerprint density at radius 2 is 1.95 bits per heavy atom. The van der Waals surface area contributed by atoms with Crippen molar-refractivity contribution in [3.8, 4) is 17.2 Å². The zero-order valence-electron chi connectivity index (χ0n) is 11.4. The van der Waals surface area contributed by atoms with Crippen LogP contribution in [0.25, 0.3) is 11.5 Å². The molecule has 2 aromatic carbocycles. The lowest BCUT2D eigenvalue weighted by Crippen LogP contribution is -1.97. The van der Waals surface area contributed by atoms with Crippen LogP contribution in [0.3, 0.4) is 0 Å². The molecule has 0 aliphatic heterocycles. The summed E-state index contributed by atoms with van der Waals surface area (Å²) in [6.45, 7) is 2.28. The van der Waals surface area contributed by atoms with Gasteiger partial charge in [-0.3, -0.25) is 0 Å². The van der Waals surface area contributed by atoms with E-state index in [4.69, 9.17) is 20.9 Å². The molecular weight excluding hydrogens is 288 g/mol. The average Bonchev–Trinajstić information content (AvgIpc) is 2.95. The summed E-state index contributed by atoms with van der Waals surface area (Å²) in [7, 11) is 0. The van der Waals surface area contributed by atoms with Crippen LogP contribution in [-0.4, -0.2) is 10.1 Å². The van der Waals surface area contributed by atoms with E-state index in [0.29, 0.717) is 16.7 Å². The van der Waals surface area contributed by atoms with Gasteiger partial charge in [-0.05, 0) is 48.9 Å². The number of rotatable bonds is 4. The van der Waals surface area contributed by atoms with E-state index in [1.54, 1.807) is 12.1 Å². The molecule has 0 amide bonds. The predicted molar refractivity (Wildman–Crippen MR) is 80.3 cm³/mol. The normalized spacial score (nSPS) is 10.6. The van der Waals surface area contributed by atoms with Crippen molar-refractivity contribution in [2.24, 2.45) is 0 Å². The van der Waals surface area contributed by atoms with Crippen LogP contribution in [0, 0.1) is 6.92 Å². The van der Waals surface area contributed by atoms with E-state index >= 15 is 0 Å². The van der Waals surface area contributed by atoms with E-state index in [-0.39, 0.29) is 6.61 Å². The molecule has 0 N–H and O–H groups in total. The number of nitrogens with zero attached hydrogens (tertiary/aromatic N) is 2. The van der Waals surface area contributed by atoms with E-state index in [1.165, 1.54) is 0 Å². The van der Waals surface area contributed by atoms with Gasteiger partial charge in [-0.1, -0.05) is 28.9 Å². The molecule has 106 valence electrons. The van der Waals surface area contributed by atoms with E-state index in [2.05, 4.69) is 10.1 Å². The van der Waals surface area contributed by atoms with Crippen LogP contribution in [-0.2, 0) is 6.61 Å². The molecule has 0 aliphatic carbocycles. The summed E-state index contributed by atoms with van der Waals surface area (Å²) < 4.78 is 10.9.